The summed E-state index contributed by atoms with van der Waals surface area (Å²) in [4.78, 5) is 0. The van der Waals surface area contributed by atoms with Crippen LogP contribution in [0.4, 0.5) is 13.2 Å². The number of hydrogen-bond acceptors (Lipinski definition) is 1. The molecule has 2 aliphatic rings. The van der Waals surface area contributed by atoms with Crippen molar-refractivity contribution in [3.63, 3.8) is 0 Å². The quantitative estimate of drug-likeness (QED) is 0.674. The number of alkyl halides is 3. The van der Waals surface area contributed by atoms with Gasteiger partial charge in [0.1, 0.15) is 0 Å². The van der Waals surface area contributed by atoms with Crippen molar-refractivity contribution in [1.29, 1.82) is 0 Å². The van der Waals surface area contributed by atoms with Crippen LogP contribution in [0.2, 0.25) is 0 Å². The third-order valence-corrected chi connectivity index (χ3v) is 3.49. The minimum Gasteiger partial charge on any atom is -0.317 e. The zero-order valence-electron chi connectivity index (χ0n) is 7.86. The third kappa shape index (κ3) is 2.16. The molecule has 14 heavy (non-hydrogen) atoms. The molecule has 1 aliphatic heterocycles. The van der Waals surface area contributed by atoms with Gasteiger partial charge in [0.05, 0.1) is 5.92 Å². The number of halogens is 4. The summed E-state index contributed by atoms with van der Waals surface area (Å²) < 4.78 is 36.7. The molecule has 0 bridgehead atoms. The lowest BCUT2D eigenvalue weighted by atomic mass is 9.57. The second kappa shape index (κ2) is 3.89. The second-order valence-corrected chi connectivity index (χ2v) is 4.40. The van der Waals surface area contributed by atoms with Gasteiger partial charge in [-0.05, 0) is 44.2 Å². The Morgan fingerprint density at radius 1 is 1.07 bits per heavy atom. The normalized spacial score (nSPS) is 26.8. The highest BCUT2D eigenvalue weighted by molar-refractivity contribution is 5.85. The summed E-state index contributed by atoms with van der Waals surface area (Å²) in [6.45, 7) is 1.79. The minimum absolute atomic E-state index is 0. The van der Waals surface area contributed by atoms with Gasteiger partial charge in [-0.2, -0.15) is 13.2 Å². The topological polar surface area (TPSA) is 12.0 Å². The molecule has 0 atom stereocenters. The van der Waals surface area contributed by atoms with Crippen molar-refractivity contribution in [2.45, 2.75) is 31.9 Å². The van der Waals surface area contributed by atoms with E-state index in [4.69, 9.17) is 0 Å². The van der Waals surface area contributed by atoms with E-state index in [1.54, 1.807) is 0 Å². The van der Waals surface area contributed by atoms with Gasteiger partial charge in [0.25, 0.3) is 0 Å². The van der Waals surface area contributed by atoms with Gasteiger partial charge in [0.2, 0.25) is 0 Å². The first-order valence-corrected chi connectivity index (χ1v) is 4.79. The highest BCUT2D eigenvalue weighted by atomic mass is 35.5. The molecule has 84 valence electrons. The molecule has 1 nitrogen and oxygen atoms in total. The first kappa shape index (κ1) is 12.1. The van der Waals surface area contributed by atoms with Crippen LogP contribution < -0.4 is 5.32 Å². The molecule has 1 saturated carbocycles. The lowest BCUT2D eigenvalue weighted by Crippen LogP contribution is -2.49. The van der Waals surface area contributed by atoms with Crippen LogP contribution in [0.3, 0.4) is 0 Å². The van der Waals surface area contributed by atoms with E-state index >= 15 is 0 Å². The van der Waals surface area contributed by atoms with E-state index < -0.39 is 12.1 Å². The third-order valence-electron chi connectivity index (χ3n) is 3.49. The van der Waals surface area contributed by atoms with E-state index in [2.05, 4.69) is 5.32 Å². The Morgan fingerprint density at radius 3 is 2.00 bits per heavy atom. The Bertz CT molecular complexity index is 191. The number of nitrogens with one attached hydrogen (secondary N) is 1. The van der Waals surface area contributed by atoms with Gasteiger partial charge in [-0.15, -0.1) is 12.4 Å². The van der Waals surface area contributed by atoms with E-state index in [0.29, 0.717) is 12.8 Å². The zero-order chi connectivity index (χ0) is 9.53. The Kier molecular flexibility index (Phi) is 3.37. The van der Waals surface area contributed by atoms with Gasteiger partial charge in [-0.3, -0.25) is 0 Å². The predicted octanol–water partition coefficient (Wildman–Crippen LogP) is 2.75. The molecular weight excluding hydrogens is 215 g/mol. The lowest BCUT2D eigenvalue weighted by Gasteiger charge is -2.50. The zero-order valence-corrected chi connectivity index (χ0v) is 8.68. The molecule has 0 aromatic heterocycles. The molecule has 0 aromatic rings. The summed E-state index contributed by atoms with van der Waals surface area (Å²) in [5.74, 6) is -1.01. The largest absolute Gasteiger partial charge is 0.391 e. The molecule has 1 N–H and O–H groups in total. The highest BCUT2D eigenvalue weighted by Gasteiger charge is 2.55. The molecule has 1 aliphatic carbocycles. The summed E-state index contributed by atoms with van der Waals surface area (Å²) in [5.41, 5.74) is 0.0471. The molecule has 1 heterocycles. The maximum Gasteiger partial charge on any atom is 0.391 e. The van der Waals surface area contributed by atoms with Crippen LogP contribution in [0, 0.1) is 11.3 Å². The van der Waals surface area contributed by atoms with Gasteiger partial charge in [0.15, 0.2) is 0 Å². The van der Waals surface area contributed by atoms with Crippen LogP contribution >= 0.6 is 12.4 Å². The van der Waals surface area contributed by atoms with Crippen molar-refractivity contribution < 1.29 is 13.2 Å². The Hall–Kier alpha value is 0.0400. The maximum absolute atomic E-state index is 12.2. The number of rotatable bonds is 0. The van der Waals surface area contributed by atoms with E-state index in [1.165, 1.54) is 0 Å². The fourth-order valence-electron chi connectivity index (χ4n) is 2.58. The lowest BCUT2D eigenvalue weighted by molar-refractivity contribution is -0.225. The van der Waals surface area contributed by atoms with Crippen LogP contribution in [0.5, 0.6) is 0 Å². The maximum atomic E-state index is 12.2. The van der Waals surface area contributed by atoms with E-state index in [0.717, 1.165) is 25.9 Å². The highest BCUT2D eigenvalue weighted by Crippen LogP contribution is 2.56. The first-order valence-electron chi connectivity index (χ1n) is 4.79. The fraction of sp³-hybridized carbons (Fsp3) is 1.00. The van der Waals surface area contributed by atoms with Crippen molar-refractivity contribution in [2.24, 2.45) is 11.3 Å². The van der Waals surface area contributed by atoms with Crippen LogP contribution in [-0.2, 0) is 0 Å². The standard InChI is InChI=1S/C9H14F3N.ClH/c10-9(11,12)7-5-8(6-7)1-3-13-4-2-8;/h7,13H,1-6H2;1H. The monoisotopic (exact) mass is 229 g/mol. The molecule has 1 spiro atoms. The van der Waals surface area contributed by atoms with Crippen LogP contribution in [0.25, 0.3) is 0 Å². The predicted molar refractivity (Wildman–Crippen MR) is 50.6 cm³/mol. The Morgan fingerprint density at radius 2 is 1.57 bits per heavy atom. The van der Waals surface area contributed by atoms with Gasteiger partial charge in [-0.25, -0.2) is 0 Å². The molecule has 5 heteroatoms. The Labute approximate surface area is 87.8 Å². The van der Waals surface area contributed by atoms with Crippen molar-refractivity contribution >= 4 is 12.4 Å². The molecule has 2 fully saturated rings. The molecular formula is C9H15ClF3N. The first-order chi connectivity index (χ1) is 6.02. The average molecular weight is 230 g/mol. The van der Waals surface area contributed by atoms with Gasteiger partial charge < -0.3 is 5.32 Å². The van der Waals surface area contributed by atoms with E-state index in [1.807, 2.05) is 0 Å². The number of hydrogen-bond donors (Lipinski definition) is 1. The van der Waals surface area contributed by atoms with Crippen LogP contribution in [-0.4, -0.2) is 19.3 Å². The molecule has 0 aromatic carbocycles. The van der Waals surface area contributed by atoms with E-state index in [9.17, 15) is 13.2 Å². The summed E-state index contributed by atoms with van der Waals surface area (Å²) in [6.07, 6.45) is -1.34. The second-order valence-electron chi connectivity index (χ2n) is 4.40. The number of piperidine rings is 1. The summed E-state index contributed by atoms with van der Waals surface area (Å²) in [6, 6.07) is 0. The van der Waals surface area contributed by atoms with Crippen molar-refractivity contribution in [2.75, 3.05) is 13.1 Å². The molecule has 2 rings (SSSR count). The fourth-order valence-corrected chi connectivity index (χ4v) is 2.58. The summed E-state index contributed by atoms with van der Waals surface area (Å²) >= 11 is 0. The van der Waals surface area contributed by atoms with Gasteiger partial charge in [0, 0.05) is 0 Å². The SMILES string of the molecule is Cl.FC(F)(F)C1CC2(CCNCC2)C1. The molecule has 0 amide bonds. The molecule has 1 saturated heterocycles. The van der Waals surface area contributed by atoms with Crippen molar-refractivity contribution in [3.05, 3.63) is 0 Å². The minimum atomic E-state index is -3.95. The van der Waals surface area contributed by atoms with Gasteiger partial charge in [-0.1, -0.05) is 0 Å². The Balaban J connectivity index is 0.000000980. The summed E-state index contributed by atoms with van der Waals surface area (Å²) in [7, 11) is 0. The smallest absolute Gasteiger partial charge is 0.317 e. The van der Waals surface area contributed by atoms with E-state index in [-0.39, 0.29) is 17.8 Å². The van der Waals surface area contributed by atoms with Crippen LogP contribution in [0.15, 0.2) is 0 Å². The summed E-state index contributed by atoms with van der Waals surface area (Å²) in [5, 5.41) is 3.18. The van der Waals surface area contributed by atoms with Gasteiger partial charge >= 0.3 is 6.18 Å². The average Bonchev–Trinajstić information content (AvgIpc) is 2.00. The van der Waals surface area contributed by atoms with Crippen molar-refractivity contribution in [1.82, 2.24) is 5.32 Å². The van der Waals surface area contributed by atoms with Crippen molar-refractivity contribution in [3.8, 4) is 0 Å². The molecule has 0 unspecified atom stereocenters. The van der Waals surface area contributed by atoms with Crippen LogP contribution in [0.1, 0.15) is 25.7 Å². The molecule has 0 radical (unpaired) electrons.